The molecular weight excluding hydrogens is 328 g/mol. The Morgan fingerprint density at radius 2 is 1.93 bits per heavy atom. The topological polar surface area (TPSA) is 46.5 Å². The number of rotatable bonds is 3. The highest BCUT2D eigenvalue weighted by atomic mass is 79.9. The van der Waals surface area contributed by atoms with Gasteiger partial charge in [0.1, 0.15) is 0 Å². The summed E-state index contributed by atoms with van der Waals surface area (Å²) in [6, 6.07) is 5.57. The van der Waals surface area contributed by atoms with Crippen LogP contribution in [-0.4, -0.2) is 24.3 Å². The van der Waals surface area contributed by atoms with Crippen molar-refractivity contribution in [2.24, 2.45) is 0 Å². The predicted octanol–water partition coefficient (Wildman–Crippen LogP) is 2.29. The van der Waals surface area contributed by atoms with Crippen molar-refractivity contribution < 1.29 is 14.6 Å². The van der Waals surface area contributed by atoms with E-state index in [4.69, 9.17) is 0 Å². The van der Waals surface area contributed by atoms with Crippen molar-refractivity contribution >= 4 is 37.8 Å². The molecule has 15 heavy (non-hydrogen) atoms. The molecule has 0 aliphatic rings. The zero-order valence-electron chi connectivity index (χ0n) is 8.04. The van der Waals surface area contributed by atoms with Gasteiger partial charge in [0.2, 0.25) is 0 Å². The van der Waals surface area contributed by atoms with Crippen LogP contribution in [0.4, 0.5) is 0 Å². The van der Waals surface area contributed by atoms with Crippen molar-refractivity contribution in [3.05, 3.63) is 32.7 Å². The third kappa shape index (κ3) is 3.93. The van der Waals surface area contributed by atoms with Crippen molar-refractivity contribution in [3.8, 4) is 0 Å². The molecule has 1 aromatic carbocycles. The molecule has 0 aliphatic carbocycles. The Bertz CT molecular complexity index is 345. The molecule has 0 saturated heterocycles. The minimum absolute atomic E-state index is 0.241. The molecule has 1 rings (SSSR count). The highest BCUT2D eigenvalue weighted by Gasteiger charge is 2.16. The quantitative estimate of drug-likeness (QED) is 0.861. The fourth-order valence-corrected chi connectivity index (χ4v) is 2.56. The van der Waals surface area contributed by atoms with Crippen LogP contribution in [0.3, 0.4) is 0 Å². The lowest BCUT2D eigenvalue weighted by molar-refractivity contribution is -0.150. The molecule has 0 heterocycles. The summed E-state index contributed by atoms with van der Waals surface area (Å²) >= 11 is 6.66. The zero-order valence-corrected chi connectivity index (χ0v) is 11.2. The van der Waals surface area contributed by atoms with E-state index in [1.54, 1.807) is 0 Å². The highest BCUT2D eigenvalue weighted by molar-refractivity contribution is 9.11. The number of carbonyl (C=O) groups is 1. The van der Waals surface area contributed by atoms with E-state index in [2.05, 4.69) is 36.6 Å². The molecule has 0 aliphatic heterocycles. The van der Waals surface area contributed by atoms with Crippen LogP contribution >= 0.6 is 31.9 Å². The van der Waals surface area contributed by atoms with Crippen LogP contribution in [-0.2, 0) is 16.0 Å². The van der Waals surface area contributed by atoms with Gasteiger partial charge in [-0.05, 0) is 23.8 Å². The Labute approximate surface area is 105 Å². The number of halogens is 2. The second kappa shape index (κ2) is 5.63. The Morgan fingerprint density at radius 1 is 1.40 bits per heavy atom. The number of aliphatic hydroxyl groups excluding tert-OH is 1. The molecule has 3 nitrogen and oxygen atoms in total. The molecule has 0 radical (unpaired) electrons. The van der Waals surface area contributed by atoms with Crippen LogP contribution in [0.5, 0.6) is 0 Å². The minimum Gasteiger partial charge on any atom is -0.467 e. The van der Waals surface area contributed by atoms with E-state index >= 15 is 0 Å². The first-order valence-electron chi connectivity index (χ1n) is 4.24. The molecule has 1 aromatic rings. The predicted molar refractivity (Wildman–Crippen MR) is 63.6 cm³/mol. The van der Waals surface area contributed by atoms with E-state index in [0.717, 1.165) is 14.5 Å². The summed E-state index contributed by atoms with van der Waals surface area (Å²) in [5, 5.41) is 9.45. The van der Waals surface area contributed by atoms with Gasteiger partial charge in [0.25, 0.3) is 0 Å². The third-order valence-electron chi connectivity index (χ3n) is 1.82. The first-order chi connectivity index (χ1) is 7.02. The Balaban J connectivity index is 2.76. The number of ether oxygens (including phenoxy) is 1. The molecule has 1 N–H and O–H groups in total. The van der Waals surface area contributed by atoms with Gasteiger partial charge in [0.05, 0.1) is 7.11 Å². The van der Waals surface area contributed by atoms with Gasteiger partial charge in [-0.2, -0.15) is 0 Å². The molecular formula is C10H10Br2O3. The van der Waals surface area contributed by atoms with Gasteiger partial charge in [-0.15, -0.1) is 0 Å². The van der Waals surface area contributed by atoms with Gasteiger partial charge >= 0.3 is 5.97 Å². The average Bonchev–Trinajstić information content (AvgIpc) is 2.14. The van der Waals surface area contributed by atoms with Gasteiger partial charge in [-0.1, -0.05) is 31.9 Å². The molecule has 0 fully saturated rings. The maximum absolute atomic E-state index is 11.0. The van der Waals surface area contributed by atoms with Crippen molar-refractivity contribution in [3.63, 3.8) is 0 Å². The summed E-state index contributed by atoms with van der Waals surface area (Å²) in [5.74, 6) is -0.619. The van der Waals surface area contributed by atoms with Crippen LogP contribution in [0, 0.1) is 0 Å². The monoisotopic (exact) mass is 336 g/mol. The first kappa shape index (κ1) is 12.7. The van der Waals surface area contributed by atoms with E-state index in [-0.39, 0.29) is 6.42 Å². The van der Waals surface area contributed by atoms with Crippen LogP contribution < -0.4 is 0 Å². The maximum atomic E-state index is 11.0. The van der Waals surface area contributed by atoms with Crippen LogP contribution in [0.2, 0.25) is 0 Å². The third-order valence-corrected chi connectivity index (χ3v) is 2.74. The van der Waals surface area contributed by atoms with Gasteiger partial charge in [-0.3, -0.25) is 0 Å². The first-order valence-corrected chi connectivity index (χ1v) is 5.82. The SMILES string of the molecule is COC(=O)C(O)Cc1cc(Br)cc(Br)c1. The molecule has 0 spiro atoms. The number of hydrogen-bond donors (Lipinski definition) is 1. The zero-order chi connectivity index (χ0) is 11.4. The maximum Gasteiger partial charge on any atom is 0.335 e. The smallest absolute Gasteiger partial charge is 0.335 e. The molecule has 0 aromatic heterocycles. The second-order valence-electron chi connectivity index (χ2n) is 3.02. The Kier molecular flexibility index (Phi) is 4.76. The number of hydrogen-bond acceptors (Lipinski definition) is 3. The summed E-state index contributed by atoms with van der Waals surface area (Å²) < 4.78 is 6.22. The standard InChI is InChI=1S/C10H10Br2O3/c1-15-10(14)9(13)4-6-2-7(11)5-8(12)3-6/h2-3,5,9,13H,4H2,1H3. The summed E-state index contributed by atoms with van der Waals surface area (Å²) in [5.41, 5.74) is 0.856. The number of benzene rings is 1. The summed E-state index contributed by atoms with van der Waals surface area (Å²) in [6.07, 6.45) is -0.874. The van der Waals surface area contributed by atoms with Crippen molar-refractivity contribution in [2.75, 3.05) is 7.11 Å². The van der Waals surface area contributed by atoms with Crippen LogP contribution in [0.15, 0.2) is 27.1 Å². The van der Waals surface area contributed by atoms with E-state index in [0.29, 0.717) is 0 Å². The van der Waals surface area contributed by atoms with Crippen molar-refractivity contribution in [2.45, 2.75) is 12.5 Å². The van der Waals surface area contributed by atoms with E-state index in [1.165, 1.54) is 7.11 Å². The lowest BCUT2D eigenvalue weighted by atomic mass is 10.1. The number of esters is 1. The van der Waals surface area contributed by atoms with Gasteiger partial charge in [0.15, 0.2) is 6.10 Å². The minimum atomic E-state index is -1.11. The lowest BCUT2D eigenvalue weighted by Crippen LogP contribution is -2.24. The fourth-order valence-electron chi connectivity index (χ4n) is 1.17. The van der Waals surface area contributed by atoms with Gasteiger partial charge in [0, 0.05) is 15.4 Å². The number of carbonyl (C=O) groups excluding carboxylic acids is 1. The number of aliphatic hydroxyl groups is 1. The Morgan fingerprint density at radius 3 is 2.40 bits per heavy atom. The lowest BCUT2D eigenvalue weighted by Gasteiger charge is -2.08. The summed E-state index contributed by atoms with van der Waals surface area (Å²) in [6.45, 7) is 0. The van der Waals surface area contributed by atoms with Gasteiger partial charge < -0.3 is 9.84 Å². The molecule has 5 heteroatoms. The van der Waals surface area contributed by atoms with Crippen LogP contribution in [0.25, 0.3) is 0 Å². The number of methoxy groups -OCH3 is 1. The molecule has 0 amide bonds. The van der Waals surface area contributed by atoms with E-state index in [9.17, 15) is 9.90 Å². The second-order valence-corrected chi connectivity index (χ2v) is 4.85. The van der Waals surface area contributed by atoms with E-state index < -0.39 is 12.1 Å². The highest BCUT2D eigenvalue weighted by Crippen LogP contribution is 2.21. The summed E-state index contributed by atoms with van der Waals surface area (Å²) in [4.78, 5) is 11.0. The van der Waals surface area contributed by atoms with Crippen LogP contribution in [0.1, 0.15) is 5.56 Å². The summed E-state index contributed by atoms with van der Waals surface area (Å²) in [7, 11) is 1.25. The molecule has 0 saturated carbocycles. The van der Waals surface area contributed by atoms with E-state index in [1.807, 2.05) is 18.2 Å². The molecule has 1 unspecified atom stereocenters. The van der Waals surface area contributed by atoms with Crippen molar-refractivity contribution in [1.82, 2.24) is 0 Å². The average molecular weight is 338 g/mol. The fraction of sp³-hybridized carbons (Fsp3) is 0.300. The largest absolute Gasteiger partial charge is 0.467 e. The molecule has 0 bridgehead atoms. The van der Waals surface area contributed by atoms with Crippen molar-refractivity contribution in [1.29, 1.82) is 0 Å². The molecule has 1 atom stereocenters. The normalized spacial score (nSPS) is 12.3. The molecule has 82 valence electrons. The Hall–Kier alpha value is -0.390. The van der Waals surface area contributed by atoms with Gasteiger partial charge in [-0.25, -0.2) is 4.79 Å².